The van der Waals surface area contributed by atoms with E-state index in [1.807, 2.05) is 0 Å². The van der Waals surface area contributed by atoms with Gasteiger partial charge in [0.1, 0.15) is 0 Å². The highest BCUT2D eigenvalue weighted by Gasteiger charge is 2.10. The van der Waals surface area contributed by atoms with Gasteiger partial charge >= 0.3 is 0 Å². The Labute approximate surface area is 251 Å². The van der Waals surface area contributed by atoms with Crippen molar-refractivity contribution in [2.24, 2.45) is 0 Å². The minimum atomic E-state index is 0.960. The molecule has 0 fully saturated rings. The van der Waals surface area contributed by atoms with Crippen molar-refractivity contribution in [3.05, 3.63) is 23.3 Å². The van der Waals surface area contributed by atoms with E-state index in [1.54, 1.807) is 0 Å². The van der Waals surface area contributed by atoms with E-state index in [4.69, 9.17) is 0 Å². The molecular formula is C32H56Br2S2. The number of unbranched alkanes of at least 4 members (excludes halogenated alkanes) is 18. The van der Waals surface area contributed by atoms with Gasteiger partial charge < -0.3 is 0 Å². The molecule has 0 saturated carbocycles. The van der Waals surface area contributed by atoms with E-state index in [0.29, 0.717) is 0 Å². The summed E-state index contributed by atoms with van der Waals surface area (Å²) in [6.07, 6.45) is 28.3. The van der Waals surface area contributed by atoms with Crippen LogP contribution in [0.4, 0.5) is 0 Å². The predicted molar refractivity (Wildman–Crippen MR) is 177 cm³/mol. The summed E-state index contributed by atoms with van der Waals surface area (Å²) >= 11 is 11.7. The maximum Gasteiger partial charge on any atom is 0.0294 e. The van der Waals surface area contributed by atoms with Crippen molar-refractivity contribution in [2.45, 2.75) is 163 Å². The fraction of sp³-hybridized carbons (Fsp3) is 0.812. The van der Waals surface area contributed by atoms with Crippen LogP contribution in [-0.2, 0) is 10.7 Å². The van der Waals surface area contributed by atoms with Gasteiger partial charge in [-0.15, -0.1) is 23.5 Å². The maximum absolute atomic E-state index is 3.76. The number of alkyl halides is 2. The molecule has 0 heterocycles. The second kappa shape index (κ2) is 26.1. The number of rotatable bonds is 26. The smallest absolute Gasteiger partial charge is 0.0294 e. The van der Waals surface area contributed by atoms with Crippen molar-refractivity contribution in [1.82, 2.24) is 0 Å². The Morgan fingerprint density at radius 3 is 1.00 bits per heavy atom. The quantitative estimate of drug-likeness (QED) is 0.0549. The summed E-state index contributed by atoms with van der Waals surface area (Å²) < 4.78 is 0. The lowest BCUT2D eigenvalue weighted by atomic mass is 10.1. The molecule has 0 atom stereocenters. The van der Waals surface area contributed by atoms with Gasteiger partial charge in [0.25, 0.3) is 0 Å². The zero-order valence-corrected chi connectivity index (χ0v) is 28.5. The highest BCUT2D eigenvalue weighted by atomic mass is 79.9. The molecule has 0 aromatic heterocycles. The second-order valence-corrected chi connectivity index (χ2v) is 13.8. The van der Waals surface area contributed by atoms with Gasteiger partial charge in [-0.25, -0.2) is 0 Å². The third-order valence-corrected chi connectivity index (χ3v) is 10.6. The number of benzene rings is 1. The van der Waals surface area contributed by atoms with Crippen molar-refractivity contribution in [3.63, 3.8) is 0 Å². The largest absolute Gasteiger partial charge is 0.126 e. The summed E-state index contributed by atoms with van der Waals surface area (Å²) in [5, 5.41) is 1.92. The van der Waals surface area contributed by atoms with Crippen molar-refractivity contribution in [2.75, 3.05) is 11.5 Å². The van der Waals surface area contributed by atoms with E-state index in [2.05, 4.69) is 81.4 Å². The lowest BCUT2D eigenvalue weighted by Gasteiger charge is -2.14. The summed E-state index contributed by atoms with van der Waals surface area (Å²) in [5.74, 6) is 2.51. The van der Waals surface area contributed by atoms with Crippen LogP contribution >= 0.6 is 55.4 Å². The maximum atomic E-state index is 3.76. The molecule has 1 aromatic carbocycles. The van der Waals surface area contributed by atoms with Gasteiger partial charge in [0, 0.05) is 20.5 Å². The zero-order chi connectivity index (χ0) is 26.1. The highest BCUT2D eigenvalue weighted by molar-refractivity contribution is 9.08. The Kier molecular flexibility index (Phi) is 25.3. The third-order valence-electron chi connectivity index (χ3n) is 7.04. The lowest BCUT2D eigenvalue weighted by molar-refractivity contribution is 0.563. The minimum absolute atomic E-state index is 0.960. The van der Waals surface area contributed by atoms with E-state index < -0.39 is 0 Å². The first-order valence-corrected chi connectivity index (χ1v) is 19.5. The molecular weight excluding hydrogens is 608 g/mol. The zero-order valence-electron chi connectivity index (χ0n) is 23.7. The average Bonchev–Trinajstić information content (AvgIpc) is 2.90. The number of thioether (sulfide) groups is 2. The molecule has 0 nitrogen and oxygen atoms in total. The van der Waals surface area contributed by atoms with Gasteiger partial charge in [-0.3, -0.25) is 0 Å². The average molecular weight is 665 g/mol. The van der Waals surface area contributed by atoms with Crippen molar-refractivity contribution >= 4 is 55.4 Å². The van der Waals surface area contributed by atoms with E-state index in [1.165, 1.54) is 161 Å². The van der Waals surface area contributed by atoms with Gasteiger partial charge in [-0.2, -0.15) is 0 Å². The van der Waals surface area contributed by atoms with Crippen LogP contribution in [0.15, 0.2) is 21.9 Å². The van der Waals surface area contributed by atoms with Crippen molar-refractivity contribution in [1.29, 1.82) is 0 Å². The van der Waals surface area contributed by atoms with Gasteiger partial charge in [0.15, 0.2) is 0 Å². The molecule has 0 aliphatic carbocycles. The second-order valence-electron chi connectivity index (χ2n) is 10.4. The molecule has 0 unspecified atom stereocenters. The Bertz CT molecular complexity index is 567. The predicted octanol–water partition coefficient (Wildman–Crippen LogP) is 13.5. The van der Waals surface area contributed by atoms with Crippen LogP contribution < -0.4 is 0 Å². The van der Waals surface area contributed by atoms with Crippen LogP contribution in [0.2, 0.25) is 0 Å². The number of hydrogen-bond donors (Lipinski definition) is 0. The summed E-state index contributed by atoms with van der Waals surface area (Å²) in [6.45, 7) is 4.60. The molecule has 0 spiro atoms. The molecule has 0 saturated heterocycles. The van der Waals surface area contributed by atoms with E-state index >= 15 is 0 Å². The van der Waals surface area contributed by atoms with E-state index in [9.17, 15) is 0 Å². The highest BCUT2D eigenvalue weighted by Crippen LogP contribution is 2.35. The SMILES string of the molecule is CCCCCCCCCCCCSc1cc(CBr)c(SCCCCCCCCCCCC)cc1CBr. The molecule has 0 radical (unpaired) electrons. The molecule has 0 bridgehead atoms. The van der Waals surface area contributed by atoms with E-state index in [0.717, 1.165) is 10.7 Å². The normalized spacial score (nSPS) is 11.4. The molecule has 0 amide bonds. The first-order chi connectivity index (χ1) is 17.8. The fourth-order valence-electron chi connectivity index (χ4n) is 4.66. The van der Waals surface area contributed by atoms with Gasteiger partial charge in [-0.1, -0.05) is 161 Å². The van der Waals surface area contributed by atoms with Gasteiger partial charge in [-0.05, 0) is 47.6 Å². The Balaban J connectivity index is 2.23. The van der Waals surface area contributed by atoms with Gasteiger partial charge in [0.05, 0.1) is 0 Å². The molecule has 0 aliphatic heterocycles. The molecule has 0 N–H and O–H groups in total. The van der Waals surface area contributed by atoms with Gasteiger partial charge in [0.2, 0.25) is 0 Å². The summed E-state index contributed by atoms with van der Waals surface area (Å²) in [7, 11) is 0. The van der Waals surface area contributed by atoms with Crippen LogP contribution in [0.25, 0.3) is 0 Å². The summed E-state index contributed by atoms with van der Waals surface area (Å²) in [6, 6.07) is 4.93. The lowest BCUT2D eigenvalue weighted by Crippen LogP contribution is -1.94. The molecule has 4 heteroatoms. The first-order valence-electron chi connectivity index (χ1n) is 15.3. The monoisotopic (exact) mass is 662 g/mol. The van der Waals surface area contributed by atoms with Crippen molar-refractivity contribution < 1.29 is 0 Å². The van der Waals surface area contributed by atoms with Crippen LogP contribution in [0.1, 0.15) is 153 Å². The summed E-state index contributed by atoms with van der Waals surface area (Å²) in [4.78, 5) is 2.97. The molecule has 1 rings (SSSR count). The standard InChI is InChI=1S/C32H56Br2S2/c1-3-5-7-9-11-13-15-17-19-21-23-35-31-25-30(28-34)32(26-29(31)27-33)36-24-22-20-18-16-14-12-10-8-6-4-2/h25-26H,3-24,27-28H2,1-2H3. The van der Waals surface area contributed by atoms with Crippen molar-refractivity contribution in [3.8, 4) is 0 Å². The fourth-order valence-corrected chi connectivity index (χ4v) is 8.18. The Morgan fingerprint density at radius 2 is 0.722 bits per heavy atom. The van der Waals surface area contributed by atoms with Crippen LogP contribution in [0.5, 0.6) is 0 Å². The third kappa shape index (κ3) is 18.2. The Hall–Kier alpha value is 0.880. The molecule has 36 heavy (non-hydrogen) atoms. The number of halogens is 2. The van der Waals surface area contributed by atoms with Crippen LogP contribution in [0.3, 0.4) is 0 Å². The van der Waals surface area contributed by atoms with E-state index in [-0.39, 0.29) is 0 Å². The summed E-state index contributed by atoms with van der Waals surface area (Å²) in [5.41, 5.74) is 2.95. The topological polar surface area (TPSA) is 0 Å². The molecule has 210 valence electrons. The van der Waals surface area contributed by atoms with Crippen LogP contribution in [-0.4, -0.2) is 11.5 Å². The number of hydrogen-bond acceptors (Lipinski definition) is 2. The Morgan fingerprint density at radius 1 is 0.444 bits per heavy atom. The molecule has 1 aromatic rings. The minimum Gasteiger partial charge on any atom is -0.126 e. The molecule has 0 aliphatic rings. The first kappa shape index (κ1) is 34.9. The van der Waals surface area contributed by atoms with Crippen LogP contribution in [0, 0.1) is 0 Å².